The van der Waals surface area contributed by atoms with E-state index >= 15 is 0 Å². The summed E-state index contributed by atoms with van der Waals surface area (Å²) in [4.78, 5) is 16.6. The predicted molar refractivity (Wildman–Crippen MR) is 59.0 cm³/mol. The van der Waals surface area contributed by atoms with Crippen LogP contribution in [-0.2, 0) is 6.42 Å². The molecule has 3 rings (SSSR count). The summed E-state index contributed by atoms with van der Waals surface area (Å²) in [6, 6.07) is 6.12. The summed E-state index contributed by atoms with van der Waals surface area (Å²) >= 11 is 0. The lowest BCUT2D eigenvalue weighted by molar-refractivity contribution is 0.346. The number of fused-ring (bicyclic) bond motifs is 1. The molecule has 1 aliphatic heterocycles. The highest BCUT2D eigenvalue weighted by molar-refractivity contribution is 5.75. The van der Waals surface area contributed by atoms with Gasteiger partial charge in [0.25, 0.3) is 0 Å². The summed E-state index contributed by atoms with van der Waals surface area (Å²) in [5.41, 5.74) is 2.96. The number of H-pyrrole nitrogens is 2. The molecule has 1 fully saturated rings. The second kappa shape index (κ2) is 3.24. The number of rotatable bonds is 2. The normalized spacial score (nSPS) is 16.8. The standard InChI is InChI=1S/C11H13N3O/c15-11-13-9-2-1-7(4-10(9)14-11)3-8-5-12-6-8/h1-2,4,8,12H,3,5-6H2,(H2,13,14,15). The molecule has 1 aromatic carbocycles. The Hall–Kier alpha value is -1.55. The SMILES string of the molecule is O=c1[nH]c2ccc(CC3CNC3)cc2[nH]1. The summed E-state index contributed by atoms with van der Waals surface area (Å²) in [7, 11) is 0. The van der Waals surface area contributed by atoms with Crippen molar-refractivity contribution in [2.45, 2.75) is 6.42 Å². The lowest BCUT2D eigenvalue weighted by Crippen LogP contribution is -2.43. The van der Waals surface area contributed by atoms with Crippen molar-refractivity contribution < 1.29 is 0 Å². The van der Waals surface area contributed by atoms with Crippen LogP contribution < -0.4 is 11.0 Å². The first-order valence-electron chi connectivity index (χ1n) is 5.23. The zero-order valence-electron chi connectivity index (χ0n) is 8.34. The molecular weight excluding hydrogens is 190 g/mol. The summed E-state index contributed by atoms with van der Waals surface area (Å²) < 4.78 is 0. The summed E-state index contributed by atoms with van der Waals surface area (Å²) in [6.07, 6.45) is 1.09. The van der Waals surface area contributed by atoms with Crippen molar-refractivity contribution >= 4 is 11.0 Å². The number of hydrogen-bond donors (Lipinski definition) is 3. The third-order valence-corrected chi connectivity index (χ3v) is 2.97. The molecule has 0 aliphatic carbocycles. The molecule has 78 valence electrons. The van der Waals surface area contributed by atoms with Gasteiger partial charge >= 0.3 is 5.69 Å². The molecule has 2 heterocycles. The Bertz CT molecular complexity index is 536. The van der Waals surface area contributed by atoms with Crippen LogP contribution in [0.15, 0.2) is 23.0 Å². The lowest BCUT2D eigenvalue weighted by Gasteiger charge is -2.26. The van der Waals surface area contributed by atoms with E-state index in [4.69, 9.17) is 0 Å². The molecule has 0 bridgehead atoms. The number of imidazole rings is 1. The van der Waals surface area contributed by atoms with Crippen LogP contribution in [0.25, 0.3) is 11.0 Å². The van der Waals surface area contributed by atoms with Gasteiger partial charge in [-0.25, -0.2) is 4.79 Å². The first-order chi connectivity index (χ1) is 7.31. The lowest BCUT2D eigenvalue weighted by atomic mass is 9.94. The van der Waals surface area contributed by atoms with Crippen molar-refractivity contribution in [1.82, 2.24) is 15.3 Å². The Morgan fingerprint density at radius 2 is 2.00 bits per heavy atom. The van der Waals surface area contributed by atoms with Crippen molar-refractivity contribution in [3.8, 4) is 0 Å². The molecule has 0 saturated carbocycles. The largest absolute Gasteiger partial charge is 0.323 e. The van der Waals surface area contributed by atoms with Gasteiger partial charge in [-0.05, 0) is 43.1 Å². The van der Waals surface area contributed by atoms with E-state index in [1.54, 1.807) is 0 Å². The smallest absolute Gasteiger partial charge is 0.316 e. The highest BCUT2D eigenvalue weighted by atomic mass is 16.1. The van der Waals surface area contributed by atoms with Crippen LogP contribution in [0.5, 0.6) is 0 Å². The molecule has 4 nitrogen and oxygen atoms in total. The van der Waals surface area contributed by atoms with E-state index in [1.807, 2.05) is 6.07 Å². The molecule has 2 aromatic rings. The molecule has 3 N–H and O–H groups in total. The minimum Gasteiger partial charge on any atom is -0.316 e. The maximum Gasteiger partial charge on any atom is 0.323 e. The van der Waals surface area contributed by atoms with Gasteiger partial charge in [-0.15, -0.1) is 0 Å². The monoisotopic (exact) mass is 203 g/mol. The van der Waals surface area contributed by atoms with Crippen LogP contribution in [0, 0.1) is 5.92 Å². The van der Waals surface area contributed by atoms with Gasteiger partial charge < -0.3 is 15.3 Å². The van der Waals surface area contributed by atoms with E-state index in [2.05, 4.69) is 27.4 Å². The highest BCUT2D eigenvalue weighted by Gasteiger charge is 2.16. The second-order valence-electron chi connectivity index (χ2n) is 4.19. The number of hydrogen-bond acceptors (Lipinski definition) is 2. The molecule has 0 amide bonds. The number of benzene rings is 1. The first kappa shape index (κ1) is 8.73. The fourth-order valence-electron chi connectivity index (χ4n) is 2.03. The Morgan fingerprint density at radius 1 is 1.20 bits per heavy atom. The second-order valence-corrected chi connectivity index (χ2v) is 4.19. The summed E-state index contributed by atoms with van der Waals surface area (Å²) in [5.74, 6) is 0.758. The van der Waals surface area contributed by atoms with Gasteiger partial charge in [0.2, 0.25) is 0 Å². The maximum atomic E-state index is 11.1. The molecule has 1 aliphatic rings. The molecule has 1 saturated heterocycles. The minimum atomic E-state index is -0.132. The van der Waals surface area contributed by atoms with E-state index in [1.165, 1.54) is 5.56 Å². The fourth-order valence-corrected chi connectivity index (χ4v) is 2.03. The van der Waals surface area contributed by atoms with Gasteiger partial charge in [0.15, 0.2) is 0 Å². The molecule has 0 radical (unpaired) electrons. The van der Waals surface area contributed by atoms with Crippen molar-refractivity contribution in [3.05, 3.63) is 34.2 Å². The van der Waals surface area contributed by atoms with Crippen LogP contribution in [-0.4, -0.2) is 23.1 Å². The van der Waals surface area contributed by atoms with Gasteiger partial charge in [0.1, 0.15) is 0 Å². The number of aromatic amines is 2. The summed E-state index contributed by atoms with van der Waals surface area (Å²) in [6.45, 7) is 2.23. The predicted octanol–water partition coefficient (Wildman–Crippen LogP) is 0.618. The topological polar surface area (TPSA) is 60.7 Å². The average molecular weight is 203 g/mol. The highest BCUT2D eigenvalue weighted by Crippen LogP contribution is 2.16. The molecule has 1 aromatic heterocycles. The van der Waals surface area contributed by atoms with E-state index in [9.17, 15) is 4.79 Å². The molecule has 0 spiro atoms. The van der Waals surface area contributed by atoms with Gasteiger partial charge in [-0.1, -0.05) is 6.07 Å². The van der Waals surface area contributed by atoms with E-state index in [-0.39, 0.29) is 5.69 Å². The van der Waals surface area contributed by atoms with Crippen LogP contribution in [0.3, 0.4) is 0 Å². The minimum absolute atomic E-state index is 0.132. The van der Waals surface area contributed by atoms with Crippen molar-refractivity contribution in [1.29, 1.82) is 0 Å². The van der Waals surface area contributed by atoms with Gasteiger partial charge in [0.05, 0.1) is 11.0 Å². The Balaban J connectivity index is 1.94. The number of aromatic nitrogens is 2. The summed E-state index contributed by atoms with van der Waals surface area (Å²) in [5, 5.41) is 3.26. The Kier molecular flexibility index (Phi) is 1.89. The van der Waals surface area contributed by atoms with Gasteiger partial charge in [-0.3, -0.25) is 0 Å². The molecule has 0 atom stereocenters. The van der Waals surface area contributed by atoms with E-state index < -0.39 is 0 Å². The van der Waals surface area contributed by atoms with Crippen LogP contribution in [0.1, 0.15) is 5.56 Å². The van der Waals surface area contributed by atoms with Gasteiger partial charge in [0, 0.05) is 0 Å². The van der Waals surface area contributed by atoms with Crippen LogP contribution in [0.4, 0.5) is 0 Å². The average Bonchev–Trinajstić information content (AvgIpc) is 2.50. The van der Waals surface area contributed by atoms with E-state index in [0.29, 0.717) is 0 Å². The zero-order chi connectivity index (χ0) is 10.3. The Labute approximate surface area is 86.7 Å². The molecule has 0 unspecified atom stereocenters. The van der Waals surface area contributed by atoms with Crippen molar-refractivity contribution in [2.24, 2.45) is 5.92 Å². The third kappa shape index (κ3) is 1.57. The first-order valence-corrected chi connectivity index (χ1v) is 5.23. The molecule has 4 heteroatoms. The Morgan fingerprint density at radius 3 is 2.73 bits per heavy atom. The van der Waals surface area contributed by atoms with Crippen LogP contribution >= 0.6 is 0 Å². The quantitative estimate of drug-likeness (QED) is 0.670. The fraction of sp³-hybridized carbons (Fsp3) is 0.364. The number of nitrogens with one attached hydrogen (secondary N) is 3. The molecular formula is C11H13N3O. The van der Waals surface area contributed by atoms with Crippen LogP contribution in [0.2, 0.25) is 0 Å². The maximum absolute atomic E-state index is 11.1. The zero-order valence-corrected chi connectivity index (χ0v) is 8.34. The van der Waals surface area contributed by atoms with Gasteiger partial charge in [-0.2, -0.15) is 0 Å². The third-order valence-electron chi connectivity index (χ3n) is 2.97. The van der Waals surface area contributed by atoms with Crippen molar-refractivity contribution in [2.75, 3.05) is 13.1 Å². The van der Waals surface area contributed by atoms with Crippen molar-refractivity contribution in [3.63, 3.8) is 0 Å². The molecule has 15 heavy (non-hydrogen) atoms. The van der Waals surface area contributed by atoms with E-state index in [0.717, 1.165) is 36.5 Å².